The Morgan fingerprint density at radius 2 is 1.18 bits per heavy atom. The number of nitrogens with one attached hydrogen (secondary N) is 1. The van der Waals surface area contributed by atoms with Crippen molar-refractivity contribution in [2.75, 3.05) is 5.32 Å². The van der Waals surface area contributed by atoms with Crippen LogP contribution in [0.5, 0.6) is 0 Å². The van der Waals surface area contributed by atoms with Gasteiger partial charge in [-0.25, -0.2) is 0 Å². The van der Waals surface area contributed by atoms with Crippen LogP contribution >= 0.6 is 22.6 Å². The maximum atomic E-state index is 12.8. The Bertz CT molecular complexity index is 1590. The minimum Gasteiger partial charge on any atom is -0.355 e. The van der Waals surface area contributed by atoms with E-state index in [1.807, 2.05) is 109 Å². The second kappa shape index (κ2) is 9.21. The van der Waals surface area contributed by atoms with Crippen LogP contribution in [0.2, 0.25) is 0 Å². The van der Waals surface area contributed by atoms with Gasteiger partial charge in [-0.3, -0.25) is 4.55 Å². The molecule has 0 aliphatic carbocycles. The maximum Gasteiger partial charge on any atom is 0.296 e. The first-order valence-corrected chi connectivity index (χ1v) is 13.2. The molecule has 0 aromatic heterocycles. The molecule has 6 heteroatoms. The monoisotopic (exact) mass is 577 g/mol. The van der Waals surface area contributed by atoms with Crippen LogP contribution in [0.3, 0.4) is 0 Å². The van der Waals surface area contributed by atoms with E-state index in [1.54, 1.807) is 0 Å². The number of halogens is 1. The maximum absolute atomic E-state index is 12.8. The average Bonchev–Trinajstić information content (AvgIpc) is 2.84. The fourth-order valence-corrected chi connectivity index (χ4v) is 6.77. The fraction of sp³-hybridized carbons (Fsp3) is 0. The van der Waals surface area contributed by atoms with E-state index < -0.39 is 10.1 Å². The number of hydrogen-bond donors (Lipinski definition) is 2. The molecule has 34 heavy (non-hydrogen) atoms. The van der Waals surface area contributed by atoms with E-state index in [-0.39, 0.29) is 4.90 Å². The van der Waals surface area contributed by atoms with Gasteiger partial charge in [-0.1, -0.05) is 91.0 Å². The van der Waals surface area contributed by atoms with Crippen LogP contribution in [0.1, 0.15) is 0 Å². The standard InChI is InChI=1S/C28H20INO3S/c29-27-25(20-13-6-2-7-14-20)24(19-11-4-1-5-12-19)22-17-10-18-23(26(22)28(27)34(31,32)33)30-21-15-8-3-9-16-21/h1-18,30H,(H,31,32,33). The van der Waals surface area contributed by atoms with Crippen molar-refractivity contribution in [1.29, 1.82) is 0 Å². The van der Waals surface area contributed by atoms with Gasteiger partial charge in [0.05, 0.1) is 0 Å². The molecular weight excluding hydrogens is 557 g/mol. The highest BCUT2D eigenvalue weighted by molar-refractivity contribution is 14.1. The summed E-state index contributed by atoms with van der Waals surface area (Å²) in [6.07, 6.45) is 0. The summed E-state index contributed by atoms with van der Waals surface area (Å²) in [4.78, 5) is -0.0966. The summed E-state index contributed by atoms with van der Waals surface area (Å²) in [6.45, 7) is 0. The first-order valence-electron chi connectivity index (χ1n) is 10.6. The van der Waals surface area contributed by atoms with Gasteiger partial charge >= 0.3 is 0 Å². The molecule has 4 nitrogen and oxygen atoms in total. The number of hydrogen-bond acceptors (Lipinski definition) is 3. The zero-order valence-electron chi connectivity index (χ0n) is 17.9. The molecule has 0 saturated heterocycles. The molecule has 0 fully saturated rings. The molecule has 0 aliphatic heterocycles. The van der Waals surface area contributed by atoms with Crippen molar-refractivity contribution >= 4 is 54.9 Å². The van der Waals surface area contributed by atoms with Gasteiger partial charge in [0, 0.05) is 25.9 Å². The molecule has 0 bridgehead atoms. The molecule has 2 N–H and O–H groups in total. The molecule has 0 aliphatic rings. The van der Waals surface area contributed by atoms with Gasteiger partial charge in [-0.05, 0) is 62.9 Å². The third-order valence-electron chi connectivity index (χ3n) is 5.67. The molecule has 0 unspecified atom stereocenters. The second-order valence-corrected chi connectivity index (χ2v) is 10.3. The lowest BCUT2D eigenvalue weighted by Crippen LogP contribution is -2.07. The zero-order chi connectivity index (χ0) is 23.7. The number of benzene rings is 5. The minimum atomic E-state index is -4.55. The third-order valence-corrected chi connectivity index (χ3v) is 8.03. The Morgan fingerprint density at radius 3 is 1.74 bits per heavy atom. The summed E-state index contributed by atoms with van der Waals surface area (Å²) in [7, 11) is -4.55. The van der Waals surface area contributed by atoms with Crippen molar-refractivity contribution in [2.45, 2.75) is 4.90 Å². The Morgan fingerprint density at radius 1 is 0.647 bits per heavy atom. The topological polar surface area (TPSA) is 66.4 Å². The lowest BCUT2D eigenvalue weighted by atomic mass is 9.89. The van der Waals surface area contributed by atoms with Crippen LogP contribution in [-0.4, -0.2) is 13.0 Å². The van der Waals surface area contributed by atoms with Crippen LogP contribution in [0.25, 0.3) is 33.0 Å². The van der Waals surface area contributed by atoms with Gasteiger partial charge in [-0.2, -0.15) is 8.42 Å². The predicted octanol–water partition coefficient (Wildman–Crippen LogP) is 7.77. The first-order chi connectivity index (χ1) is 16.4. The van der Waals surface area contributed by atoms with E-state index in [0.29, 0.717) is 14.6 Å². The van der Waals surface area contributed by atoms with Gasteiger partial charge in [0.2, 0.25) is 0 Å². The van der Waals surface area contributed by atoms with Crippen LogP contribution in [0.15, 0.2) is 114 Å². The van der Waals surface area contributed by atoms with E-state index in [0.717, 1.165) is 33.3 Å². The second-order valence-electron chi connectivity index (χ2n) is 7.82. The fourth-order valence-electron chi connectivity index (χ4n) is 4.28. The summed E-state index contributed by atoms with van der Waals surface area (Å²) in [6, 6.07) is 34.8. The molecule has 0 atom stereocenters. The Hall–Kier alpha value is -3.20. The van der Waals surface area contributed by atoms with Crippen LogP contribution < -0.4 is 5.32 Å². The van der Waals surface area contributed by atoms with Crippen LogP contribution in [-0.2, 0) is 10.1 Å². The Balaban J connectivity index is 1.97. The number of fused-ring (bicyclic) bond motifs is 1. The predicted molar refractivity (Wildman–Crippen MR) is 147 cm³/mol. The van der Waals surface area contributed by atoms with Gasteiger partial charge in [-0.15, -0.1) is 0 Å². The van der Waals surface area contributed by atoms with Gasteiger partial charge < -0.3 is 5.32 Å². The Kier molecular flexibility index (Phi) is 6.12. The van der Waals surface area contributed by atoms with Crippen molar-refractivity contribution in [2.24, 2.45) is 0 Å². The third kappa shape index (κ3) is 4.20. The average molecular weight is 577 g/mol. The smallest absolute Gasteiger partial charge is 0.296 e. The van der Waals surface area contributed by atoms with E-state index in [9.17, 15) is 13.0 Å². The summed E-state index contributed by atoms with van der Waals surface area (Å²) in [5, 5.41) is 4.54. The molecule has 0 radical (unpaired) electrons. The van der Waals surface area contributed by atoms with Crippen LogP contribution in [0, 0.1) is 3.57 Å². The molecule has 0 saturated carbocycles. The van der Waals surface area contributed by atoms with E-state index in [2.05, 4.69) is 27.9 Å². The lowest BCUT2D eigenvalue weighted by molar-refractivity contribution is 0.483. The summed E-state index contributed by atoms with van der Waals surface area (Å²) in [5.41, 5.74) is 4.94. The highest BCUT2D eigenvalue weighted by Gasteiger charge is 2.28. The molecule has 5 aromatic carbocycles. The normalized spacial score (nSPS) is 11.5. The summed E-state index contributed by atoms with van der Waals surface area (Å²) >= 11 is 2.05. The van der Waals surface area contributed by atoms with Crippen molar-refractivity contribution in [3.8, 4) is 22.3 Å². The van der Waals surface area contributed by atoms with Crippen molar-refractivity contribution < 1.29 is 13.0 Å². The summed E-state index contributed by atoms with van der Waals surface area (Å²) in [5.74, 6) is 0. The quantitative estimate of drug-likeness (QED) is 0.166. The van der Waals surface area contributed by atoms with E-state index >= 15 is 0 Å². The molecule has 168 valence electrons. The molecule has 0 amide bonds. The van der Waals surface area contributed by atoms with Gasteiger partial charge in [0.15, 0.2) is 0 Å². The SMILES string of the molecule is O=S(=O)(O)c1c(I)c(-c2ccccc2)c(-c2ccccc2)c2cccc(Nc3ccccc3)c12. The largest absolute Gasteiger partial charge is 0.355 e. The highest BCUT2D eigenvalue weighted by Crippen LogP contribution is 2.47. The minimum absolute atomic E-state index is 0.0966. The van der Waals surface area contributed by atoms with Crippen molar-refractivity contribution in [3.05, 3.63) is 113 Å². The number of rotatable bonds is 5. The van der Waals surface area contributed by atoms with Crippen molar-refractivity contribution in [1.82, 2.24) is 0 Å². The first kappa shape index (κ1) is 22.6. The van der Waals surface area contributed by atoms with Gasteiger partial charge in [0.1, 0.15) is 4.90 Å². The van der Waals surface area contributed by atoms with E-state index in [1.165, 1.54) is 0 Å². The number of anilines is 2. The van der Waals surface area contributed by atoms with Gasteiger partial charge in [0.25, 0.3) is 10.1 Å². The lowest BCUT2D eigenvalue weighted by Gasteiger charge is -2.21. The molecular formula is C28H20INO3S. The van der Waals surface area contributed by atoms with E-state index in [4.69, 9.17) is 0 Å². The molecule has 0 spiro atoms. The zero-order valence-corrected chi connectivity index (χ0v) is 20.9. The summed E-state index contributed by atoms with van der Waals surface area (Å²) < 4.78 is 36.6. The van der Waals surface area contributed by atoms with Crippen LogP contribution in [0.4, 0.5) is 11.4 Å². The molecule has 5 rings (SSSR count). The highest BCUT2D eigenvalue weighted by atomic mass is 127. The Labute approximate surface area is 212 Å². The number of para-hydroxylation sites is 1. The molecule has 5 aromatic rings. The molecule has 0 heterocycles. The van der Waals surface area contributed by atoms with Crippen molar-refractivity contribution in [3.63, 3.8) is 0 Å².